The first-order valence-corrected chi connectivity index (χ1v) is 9.95. The second kappa shape index (κ2) is 7.42. The molecule has 4 aromatic rings. The number of aryl methyl sites for hydroxylation is 1. The molecule has 0 bridgehead atoms. The van der Waals surface area contributed by atoms with Crippen molar-refractivity contribution >= 4 is 33.5 Å². The summed E-state index contributed by atoms with van der Waals surface area (Å²) in [6.07, 6.45) is 1.82. The zero-order valence-corrected chi connectivity index (χ0v) is 16.4. The normalized spacial score (nSPS) is 15.3. The van der Waals surface area contributed by atoms with Crippen LogP contribution in [0.5, 0.6) is 0 Å². The van der Waals surface area contributed by atoms with Gasteiger partial charge in [0.05, 0.1) is 35.3 Å². The highest BCUT2D eigenvalue weighted by atomic mass is 16.5. The molecule has 0 radical (unpaired) electrons. The molecule has 0 atom stereocenters. The maximum Gasteiger partial charge on any atom is 0.255 e. The van der Waals surface area contributed by atoms with Crippen LogP contribution in [0.1, 0.15) is 16.1 Å². The molecule has 5 rings (SSSR count). The van der Waals surface area contributed by atoms with E-state index in [1.807, 2.05) is 49.5 Å². The van der Waals surface area contributed by atoms with Crippen molar-refractivity contribution in [3.05, 3.63) is 53.9 Å². The lowest BCUT2D eigenvalue weighted by molar-refractivity contribution is 0.0383. The van der Waals surface area contributed by atoms with Gasteiger partial charge in [-0.2, -0.15) is 0 Å². The molecular weight excluding hydrogens is 366 g/mol. The second-order valence-electron chi connectivity index (χ2n) is 7.41. The van der Waals surface area contributed by atoms with E-state index in [0.717, 1.165) is 60.5 Å². The number of imidazole rings is 1. The van der Waals surface area contributed by atoms with E-state index < -0.39 is 0 Å². The number of benzene rings is 1. The van der Waals surface area contributed by atoms with Gasteiger partial charge in [0.15, 0.2) is 5.65 Å². The van der Waals surface area contributed by atoms with Crippen LogP contribution in [0.3, 0.4) is 0 Å². The average Bonchev–Trinajstić information content (AvgIpc) is 3.14. The van der Waals surface area contributed by atoms with Crippen LogP contribution in [-0.4, -0.2) is 64.6 Å². The summed E-state index contributed by atoms with van der Waals surface area (Å²) < 4.78 is 7.44. The molecule has 1 N–H and O–H groups in total. The zero-order valence-electron chi connectivity index (χ0n) is 16.4. The Kier molecular flexibility index (Phi) is 4.61. The van der Waals surface area contributed by atoms with Crippen LogP contribution in [0.2, 0.25) is 0 Å². The van der Waals surface area contributed by atoms with E-state index in [2.05, 4.69) is 19.6 Å². The van der Waals surface area contributed by atoms with E-state index in [1.54, 1.807) is 0 Å². The lowest BCUT2D eigenvalue weighted by Gasteiger charge is -2.26. The molecule has 7 nitrogen and oxygen atoms in total. The Morgan fingerprint density at radius 3 is 2.86 bits per heavy atom. The van der Waals surface area contributed by atoms with Gasteiger partial charge in [-0.3, -0.25) is 19.1 Å². The van der Waals surface area contributed by atoms with Gasteiger partial charge in [0.2, 0.25) is 0 Å². The van der Waals surface area contributed by atoms with Crippen molar-refractivity contribution in [2.24, 2.45) is 0 Å². The van der Waals surface area contributed by atoms with Gasteiger partial charge in [0, 0.05) is 43.5 Å². The van der Waals surface area contributed by atoms with Gasteiger partial charge in [0.25, 0.3) is 5.91 Å². The Morgan fingerprint density at radius 1 is 1.17 bits per heavy atom. The van der Waals surface area contributed by atoms with Crippen molar-refractivity contribution in [3.63, 3.8) is 0 Å². The smallest absolute Gasteiger partial charge is 0.255 e. The number of carbonyl (C=O) groups excluding carboxylic acids is 1. The number of hydrogen-bond acceptors (Lipinski definition) is 5. The first-order valence-electron chi connectivity index (χ1n) is 9.95. The monoisotopic (exact) mass is 389 g/mol. The molecule has 148 valence electrons. The summed E-state index contributed by atoms with van der Waals surface area (Å²) in [5, 5.41) is 3.98. The largest absolute Gasteiger partial charge is 0.379 e. The van der Waals surface area contributed by atoms with Crippen LogP contribution in [-0.2, 0) is 4.74 Å². The number of carbonyl (C=O) groups is 1. The fourth-order valence-corrected chi connectivity index (χ4v) is 3.95. The molecule has 0 saturated carbocycles. The summed E-state index contributed by atoms with van der Waals surface area (Å²) in [7, 11) is 0. The van der Waals surface area contributed by atoms with Crippen LogP contribution in [0, 0.1) is 6.92 Å². The molecule has 29 heavy (non-hydrogen) atoms. The first-order chi connectivity index (χ1) is 14.2. The third kappa shape index (κ3) is 3.32. The highest BCUT2D eigenvalue weighted by Crippen LogP contribution is 2.26. The fourth-order valence-electron chi connectivity index (χ4n) is 3.95. The summed E-state index contributed by atoms with van der Waals surface area (Å²) in [5.74, 6) is -0.110. The molecule has 0 unspecified atom stereocenters. The molecule has 1 aliphatic rings. The van der Waals surface area contributed by atoms with Crippen LogP contribution in [0.15, 0.2) is 42.6 Å². The maximum absolute atomic E-state index is 13.1. The highest BCUT2D eigenvalue weighted by Gasteiger charge is 2.18. The maximum atomic E-state index is 13.1. The fraction of sp³-hybridized carbons (Fsp3) is 0.318. The van der Waals surface area contributed by atoms with Crippen LogP contribution in [0.25, 0.3) is 27.6 Å². The minimum absolute atomic E-state index is 0.110. The van der Waals surface area contributed by atoms with E-state index in [1.165, 1.54) is 0 Å². The standard InChI is InChI=1S/C22H23N5O2/c1-15-12-20-16(14-24-15)13-17(21-25-18-4-2-3-5-19(18)27(20)21)22(28)23-6-7-26-8-10-29-11-9-26/h2-5,12-14H,6-11H2,1H3,(H,23,28). The van der Waals surface area contributed by atoms with Crippen molar-refractivity contribution in [3.8, 4) is 0 Å². The van der Waals surface area contributed by atoms with Gasteiger partial charge in [0.1, 0.15) is 0 Å². The van der Waals surface area contributed by atoms with E-state index >= 15 is 0 Å². The molecule has 0 aliphatic carbocycles. The molecule has 4 heterocycles. The Labute approximate surface area is 168 Å². The Bertz CT molecular complexity index is 1210. The first kappa shape index (κ1) is 18.0. The molecule has 1 saturated heterocycles. The van der Waals surface area contributed by atoms with E-state index in [9.17, 15) is 4.79 Å². The molecule has 1 aliphatic heterocycles. The Morgan fingerprint density at radius 2 is 2.00 bits per heavy atom. The summed E-state index contributed by atoms with van der Waals surface area (Å²) in [6, 6.07) is 11.9. The van der Waals surface area contributed by atoms with Crippen LogP contribution >= 0.6 is 0 Å². The van der Waals surface area contributed by atoms with E-state index in [-0.39, 0.29) is 5.91 Å². The van der Waals surface area contributed by atoms with Crippen LogP contribution in [0.4, 0.5) is 0 Å². The predicted octanol–water partition coefficient (Wildman–Crippen LogP) is 2.41. The summed E-state index contributed by atoms with van der Waals surface area (Å²) in [4.78, 5) is 24.5. The number of rotatable bonds is 4. The average molecular weight is 389 g/mol. The molecule has 3 aromatic heterocycles. The van der Waals surface area contributed by atoms with Crippen molar-refractivity contribution in [2.45, 2.75) is 6.92 Å². The van der Waals surface area contributed by atoms with Crippen LogP contribution < -0.4 is 5.32 Å². The third-order valence-electron chi connectivity index (χ3n) is 5.45. The molecule has 1 amide bonds. The Balaban J connectivity index is 1.53. The van der Waals surface area contributed by atoms with E-state index in [4.69, 9.17) is 9.72 Å². The Hall–Kier alpha value is -3.03. The highest BCUT2D eigenvalue weighted by molar-refractivity contribution is 6.05. The lowest BCUT2D eigenvalue weighted by atomic mass is 10.1. The van der Waals surface area contributed by atoms with Crippen molar-refractivity contribution in [2.75, 3.05) is 39.4 Å². The minimum atomic E-state index is -0.110. The number of hydrogen-bond donors (Lipinski definition) is 1. The number of nitrogens with one attached hydrogen (secondary N) is 1. The lowest BCUT2D eigenvalue weighted by Crippen LogP contribution is -2.41. The third-order valence-corrected chi connectivity index (χ3v) is 5.45. The number of pyridine rings is 2. The number of ether oxygens (including phenoxy) is 1. The number of fused-ring (bicyclic) bond motifs is 5. The van der Waals surface area contributed by atoms with Crippen molar-refractivity contribution in [1.29, 1.82) is 0 Å². The van der Waals surface area contributed by atoms with Gasteiger partial charge >= 0.3 is 0 Å². The number of para-hydroxylation sites is 2. The number of amides is 1. The molecular formula is C22H23N5O2. The van der Waals surface area contributed by atoms with E-state index in [0.29, 0.717) is 17.8 Å². The molecule has 1 fully saturated rings. The summed E-state index contributed by atoms with van der Waals surface area (Å²) in [5.41, 5.74) is 5.04. The van der Waals surface area contributed by atoms with Gasteiger partial charge < -0.3 is 10.1 Å². The summed E-state index contributed by atoms with van der Waals surface area (Å²) in [6.45, 7) is 6.71. The van der Waals surface area contributed by atoms with Crippen molar-refractivity contribution < 1.29 is 9.53 Å². The molecule has 7 heteroatoms. The summed E-state index contributed by atoms with van der Waals surface area (Å²) >= 11 is 0. The quantitative estimate of drug-likeness (QED) is 0.580. The molecule has 1 aromatic carbocycles. The predicted molar refractivity (Wildman–Crippen MR) is 112 cm³/mol. The van der Waals surface area contributed by atoms with Gasteiger partial charge in [-0.25, -0.2) is 4.98 Å². The van der Waals surface area contributed by atoms with Crippen molar-refractivity contribution in [1.82, 2.24) is 24.6 Å². The second-order valence-corrected chi connectivity index (χ2v) is 7.41. The zero-order chi connectivity index (χ0) is 19.8. The number of morpholine rings is 1. The number of nitrogens with zero attached hydrogens (tertiary/aromatic N) is 4. The van der Waals surface area contributed by atoms with Gasteiger partial charge in [-0.1, -0.05) is 12.1 Å². The SMILES string of the molecule is Cc1cc2c(cn1)cc(C(=O)NCCN1CCOCC1)c1nc3ccccc3n12. The minimum Gasteiger partial charge on any atom is -0.379 e. The topological polar surface area (TPSA) is 71.8 Å². The van der Waals surface area contributed by atoms with Gasteiger partial charge in [-0.15, -0.1) is 0 Å². The van der Waals surface area contributed by atoms with Gasteiger partial charge in [-0.05, 0) is 31.2 Å². The number of aromatic nitrogens is 3. The molecule has 0 spiro atoms.